The average Bonchev–Trinajstić information content (AvgIpc) is 3.23. The SMILES string of the molecule is C=CCn1c(-c2ccc(S(=O)(=O)N3CCOCC3)cc2)csc1=Nc1ccc(OCC)cc1. The third-order valence-corrected chi connectivity index (χ3v) is 8.02. The van der Waals surface area contributed by atoms with Gasteiger partial charge in [0.15, 0.2) is 4.80 Å². The number of aromatic nitrogens is 1. The molecule has 33 heavy (non-hydrogen) atoms. The maximum absolute atomic E-state index is 12.9. The van der Waals surface area contributed by atoms with E-state index in [9.17, 15) is 8.42 Å². The molecule has 1 aliphatic heterocycles. The Balaban J connectivity index is 1.64. The predicted molar refractivity (Wildman–Crippen MR) is 130 cm³/mol. The fourth-order valence-electron chi connectivity index (χ4n) is 3.58. The number of rotatable bonds is 8. The zero-order valence-corrected chi connectivity index (χ0v) is 20.1. The van der Waals surface area contributed by atoms with Gasteiger partial charge in [-0.05, 0) is 48.9 Å². The van der Waals surface area contributed by atoms with Crippen molar-refractivity contribution in [1.82, 2.24) is 8.87 Å². The van der Waals surface area contributed by atoms with E-state index in [-0.39, 0.29) is 4.90 Å². The van der Waals surface area contributed by atoms with E-state index >= 15 is 0 Å². The van der Waals surface area contributed by atoms with Gasteiger partial charge in [-0.1, -0.05) is 18.2 Å². The molecule has 0 spiro atoms. The number of hydrogen-bond acceptors (Lipinski definition) is 6. The average molecular weight is 486 g/mol. The molecule has 0 aliphatic carbocycles. The molecule has 0 amide bonds. The summed E-state index contributed by atoms with van der Waals surface area (Å²) in [5, 5.41) is 2.03. The molecule has 4 rings (SSSR count). The van der Waals surface area contributed by atoms with Crippen LogP contribution in [0.4, 0.5) is 5.69 Å². The van der Waals surface area contributed by atoms with E-state index < -0.39 is 10.0 Å². The summed E-state index contributed by atoms with van der Waals surface area (Å²) in [7, 11) is -3.52. The van der Waals surface area contributed by atoms with Crippen molar-refractivity contribution in [1.29, 1.82) is 0 Å². The van der Waals surface area contributed by atoms with E-state index in [1.54, 1.807) is 12.1 Å². The molecule has 7 nitrogen and oxygen atoms in total. The highest BCUT2D eigenvalue weighted by Gasteiger charge is 2.26. The molecule has 9 heteroatoms. The molecule has 3 aromatic rings. The van der Waals surface area contributed by atoms with Crippen molar-refractivity contribution in [3.63, 3.8) is 0 Å². The van der Waals surface area contributed by atoms with Crippen molar-refractivity contribution in [2.75, 3.05) is 32.9 Å². The summed E-state index contributed by atoms with van der Waals surface area (Å²) >= 11 is 1.53. The normalized spacial score (nSPS) is 15.5. The summed E-state index contributed by atoms with van der Waals surface area (Å²) in [4.78, 5) is 5.91. The first kappa shape index (κ1) is 23.4. The van der Waals surface area contributed by atoms with E-state index in [0.29, 0.717) is 39.5 Å². The summed E-state index contributed by atoms with van der Waals surface area (Å²) in [6.45, 7) is 8.65. The Labute approximate surface area is 198 Å². The number of sulfonamides is 1. The fourth-order valence-corrected chi connectivity index (χ4v) is 5.93. The number of morpholine rings is 1. The Hall–Kier alpha value is -2.72. The lowest BCUT2D eigenvalue weighted by Gasteiger charge is -2.26. The molecule has 2 aromatic carbocycles. The minimum atomic E-state index is -3.52. The van der Waals surface area contributed by atoms with Gasteiger partial charge in [-0.25, -0.2) is 13.4 Å². The lowest BCUT2D eigenvalue weighted by atomic mass is 10.2. The van der Waals surface area contributed by atoms with Gasteiger partial charge in [0.2, 0.25) is 10.0 Å². The number of hydrogen-bond donors (Lipinski definition) is 0. The lowest BCUT2D eigenvalue weighted by molar-refractivity contribution is 0.0730. The highest BCUT2D eigenvalue weighted by Crippen LogP contribution is 2.25. The van der Waals surface area contributed by atoms with Crippen molar-refractivity contribution in [3.8, 4) is 17.0 Å². The summed E-state index contributed by atoms with van der Waals surface area (Å²) in [6, 6.07) is 14.7. The lowest BCUT2D eigenvalue weighted by Crippen LogP contribution is -2.40. The van der Waals surface area contributed by atoms with Gasteiger partial charge in [-0.3, -0.25) is 0 Å². The number of benzene rings is 2. The van der Waals surface area contributed by atoms with E-state index in [4.69, 9.17) is 14.5 Å². The minimum absolute atomic E-state index is 0.290. The fraction of sp³-hybridized carbons (Fsp3) is 0.292. The van der Waals surface area contributed by atoms with Crippen LogP contribution in [0, 0.1) is 0 Å². The van der Waals surface area contributed by atoms with Crippen LogP contribution >= 0.6 is 11.3 Å². The molecule has 0 N–H and O–H groups in total. The van der Waals surface area contributed by atoms with Crippen LogP contribution in [0.1, 0.15) is 6.92 Å². The standard InChI is InChI=1S/C24H27N3O4S2/c1-3-13-27-23(18-32-24(27)25-20-7-9-21(10-8-20)31-4-2)19-5-11-22(12-6-19)33(28,29)26-14-16-30-17-15-26/h3,5-12,18H,1,4,13-17H2,2H3. The number of nitrogens with zero attached hydrogens (tertiary/aromatic N) is 3. The third kappa shape index (κ3) is 5.27. The van der Waals surface area contributed by atoms with Crippen LogP contribution in [-0.4, -0.2) is 50.2 Å². The molecule has 1 saturated heterocycles. The Bertz CT molecular complexity index is 1250. The number of allylic oxidation sites excluding steroid dienone is 1. The van der Waals surface area contributed by atoms with Gasteiger partial charge in [0.1, 0.15) is 5.75 Å². The summed E-state index contributed by atoms with van der Waals surface area (Å²) in [6.07, 6.45) is 1.82. The van der Waals surface area contributed by atoms with Crippen molar-refractivity contribution < 1.29 is 17.9 Å². The Morgan fingerprint density at radius 2 is 1.82 bits per heavy atom. The molecule has 1 aliphatic rings. The van der Waals surface area contributed by atoms with Gasteiger partial charge in [0.05, 0.1) is 36.1 Å². The Morgan fingerprint density at radius 1 is 1.12 bits per heavy atom. The van der Waals surface area contributed by atoms with Crippen molar-refractivity contribution in [3.05, 3.63) is 71.4 Å². The first-order valence-electron chi connectivity index (χ1n) is 10.8. The smallest absolute Gasteiger partial charge is 0.243 e. The van der Waals surface area contributed by atoms with Crippen molar-refractivity contribution in [2.24, 2.45) is 4.99 Å². The molecule has 174 valence electrons. The van der Waals surface area contributed by atoms with E-state index in [1.807, 2.05) is 54.8 Å². The first-order valence-corrected chi connectivity index (χ1v) is 13.1. The zero-order valence-electron chi connectivity index (χ0n) is 18.5. The molecular formula is C24H27N3O4S2. The second kappa shape index (κ2) is 10.5. The third-order valence-electron chi connectivity index (χ3n) is 5.24. The predicted octanol–water partition coefficient (Wildman–Crippen LogP) is 4.05. The van der Waals surface area contributed by atoms with Crippen LogP contribution < -0.4 is 9.54 Å². The minimum Gasteiger partial charge on any atom is -0.494 e. The molecular weight excluding hydrogens is 458 g/mol. The van der Waals surface area contributed by atoms with E-state index in [0.717, 1.165) is 27.5 Å². The maximum Gasteiger partial charge on any atom is 0.243 e. The van der Waals surface area contributed by atoms with Crippen molar-refractivity contribution in [2.45, 2.75) is 18.4 Å². The summed E-state index contributed by atoms with van der Waals surface area (Å²) in [5.74, 6) is 0.814. The highest BCUT2D eigenvalue weighted by molar-refractivity contribution is 7.89. The van der Waals surface area contributed by atoms with Gasteiger partial charge < -0.3 is 14.0 Å². The van der Waals surface area contributed by atoms with Gasteiger partial charge in [0, 0.05) is 25.0 Å². The van der Waals surface area contributed by atoms with Crippen LogP contribution in [0.3, 0.4) is 0 Å². The monoisotopic (exact) mass is 485 g/mol. The molecule has 1 fully saturated rings. The molecule has 0 radical (unpaired) electrons. The van der Waals surface area contributed by atoms with Gasteiger partial charge in [-0.15, -0.1) is 17.9 Å². The van der Waals surface area contributed by atoms with Gasteiger partial charge in [-0.2, -0.15) is 4.31 Å². The number of ether oxygens (including phenoxy) is 2. The highest BCUT2D eigenvalue weighted by atomic mass is 32.2. The van der Waals surface area contributed by atoms with Crippen LogP contribution in [-0.2, 0) is 21.3 Å². The van der Waals surface area contributed by atoms with Crippen molar-refractivity contribution >= 4 is 27.0 Å². The van der Waals surface area contributed by atoms with Gasteiger partial charge in [0.25, 0.3) is 0 Å². The zero-order chi connectivity index (χ0) is 23.3. The van der Waals surface area contributed by atoms with Crippen LogP contribution in [0.2, 0.25) is 0 Å². The first-order chi connectivity index (χ1) is 16.0. The van der Waals surface area contributed by atoms with Gasteiger partial charge >= 0.3 is 0 Å². The van der Waals surface area contributed by atoms with Crippen LogP contribution in [0.15, 0.2) is 76.5 Å². The largest absolute Gasteiger partial charge is 0.494 e. The molecule has 2 heterocycles. The Kier molecular flexibility index (Phi) is 7.44. The molecule has 1 aromatic heterocycles. The molecule has 0 bridgehead atoms. The van der Waals surface area contributed by atoms with E-state index in [1.165, 1.54) is 15.6 Å². The molecule has 0 unspecified atom stereocenters. The van der Waals surface area contributed by atoms with E-state index in [2.05, 4.69) is 11.1 Å². The van der Waals surface area contributed by atoms with Crippen LogP contribution in [0.5, 0.6) is 5.75 Å². The quantitative estimate of drug-likeness (QED) is 0.451. The second-order valence-corrected chi connectivity index (χ2v) is 10.2. The summed E-state index contributed by atoms with van der Waals surface area (Å²) in [5.41, 5.74) is 2.71. The van der Waals surface area contributed by atoms with Crippen LogP contribution in [0.25, 0.3) is 11.3 Å². The molecule has 0 atom stereocenters. The summed E-state index contributed by atoms with van der Waals surface area (Å²) < 4.78 is 40.1. The second-order valence-electron chi connectivity index (χ2n) is 7.38. The number of thiazole rings is 1. The topological polar surface area (TPSA) is 73.1 Å². The Morgan fingerprint density at radius 3 is 2.45 bits per heavy atom. The maximum atomic E-state index is 12.9. The molecule has 0 saturated carbocycles.